The van der Waals surface area contributed by atoms with Crippen LogP contribution in [-0.2, 0) is 0 Å². The summed E-state index contributed by atoms with van der Waals surface area (Å²) in [4.78, 5) is 6.51. The minimum atomic E-state index is 0.740. The standard InChI is InChI=1S/C16H22N4/c1-13-9-11-19-16(15(13)17)18-10-6-12-20(2)14-7-4-3-5-8-14/h3-5,7-9,11H,6,10,12,17H2,1-2H3,(H,18,19). The van der Waals surface area contributed by atoms with Gasteiger partial charge in [-0.25, -0.2) is 4.98 Å². The third-order valence-electron chi connectivity index (χ3n) is 3.37. The Morgan fingerprint density at radius 3 is 2.70 bits per heavy atom. The molecule has 1 aromatic carbocycles. The molecule has 0 spiro atoms. The largest absolute Gasteiger partial charge is 0.396 e. The van der Waals surface area contributed by atoms with Crippen molar-refractivity contribution in [3.8, 4) is 0 Å². The summed E-state index contributed by atoms with van der Waals surface area (Å²) in [5, 5.41) is 3.30. The second-order valence-corrected chi connectivity index (χ2v) is 4.93. The molecule has 0 radical (unpaired) electrons. The van der Waals surface area contributed by atoms with Crippen molar-refractivity contribution in [1.82, 2.24) is 4.98 Å². The Hall–Kier alpha value is -2.23. The molecule has 0 bridgehead atoms. The summed E-state index contributed by atoms with van der Waals surface area (Å²) in [5.41, 5.74) is 9.02. The number of nitrogens with one attached hydrogen (secondary N) is 1. The molecule has 0 aliphatic heterocycles. The van der Waals surface area contributed by atoms with Gasteiger partial charge >= 0.3 is 0 Å². The molecule has 0 amide bonds. The molecular formula is C16H22N4. The van der Waals surface area contributed by atoms with E-state index >= 15 is 0 Å². The highest BCUT2D eigenvalue weighted by Gasteiger charge is 2.03. The van der Waals surface area contributed by atoms with Crippen molar-refractivity contribution in [2.75, 3.05) is 36.1 Å². The Balaban J connectivity index is 1.78. The maximum absolute atomic E-state index is 5.98. The van der Waals surface area contributed by atoms with Crippen molar-refractivity contribution < 1.29 is 0 Å². The van der Waals surface area contributed by atoms with Crippen LogP contribution in [0.3, 0.4) is 0 Å². The van der Waals surface area contributed by atoms with Gasteiger partial charge < -0.3 is 16.0 Å². The molecule has 1 heterocycles. The second kappa shape index (κ2) is 6.80. The van der Waals surface area contributed by atoms with Gasteiger partial charge in [-0.3, -0.25) is 0 Å². The Kier molecular flexibility index (Phi) is 4.82. The molecule has 0 saturated carbocycles. The zero-order valence-corrected chi connectivity index (χ0v) is 12.1. The molecule has 106 valence electrons. The SMILES string of the molecule is Cc1ccnc(NCCCN(C)c2ccccc2)c1N. The Morgan fingerprint density at radius 2 is 1.95 bits per heavy atom. The van der Waals surface area contributed by atoms with Crippen molar-refractivity contribution in [2.24, 2.45) is 0 Å². The summed E-state index contributed by atoms with van der Waals surface area (Å²) in [7, 11) is 2.11. The number of aryl methyl sites for hydroxylation is 1. The zero-order chi connectivity index (χ0) is 14.4. The smallest absolute Gasteiger partial charge is 0.149 e. The van der Waals surface area contributed by atoms with Crippen LogP contribution >= 0.6 is 0 Å². The monoisotopic (exact) mass is 270 g/mol. The van der Waals surface area contributed by atoms with E-state index in [1.165, 1.54) is 5.69 Å². The number of rotatable bonds is 6. The Bertz CT molecular complexity index is 539. The molecule has 0 aliphatic carbocycles. The van der Waals surface area contributed by atoms with Crippen molar-refractivity contribution in [3.63, 3.8) is 0 Å². The summed E-state index contributed by atoms with van der Waals surface area (Å²) in [6.07, 6.45) is 2.81. The lowest BCUT2D eigenvalue weighted by atomic mass is 10.2. The minimum absolute atomic E-state index is 0.740. The fourth-order valence-electron chi connectivity index (χ4n) is 2.05. The third kappa shape index (κ3) is 3.63. The van der Waals surface area contributed by atoms with E-state index in [9.17, 15) is 0 Å². The Labute approximate surface area is 120 Å². The Morgan fingerprint density at radius 1 is 1.20 bits per heavy atom. The number of nitrogens with two attached hydrogens (primary N) is 1. The number of aromatic nitrogens is 1. The lowest BCUT2D eigenvalue weighted by Crippen LogP contribution is -2.21. The number of hydrogen-bond donors (Lipinski definition) is 2. The van der Waals surface area contributed by atoms with Crippen LogP contribution < -0.4 is 16.0 Å². The first-order valence-corrected chi connectivity index (χ1v) is 6.89. The first-order valence-electron chi connectivity index (χ1n) is 6.89. The van der Waals surface area contributed by atoms with Crippen LogP contribution in [0.2, 0.25) is 0 Å². The van der Waals surface area contributed by atoms with Crippen LogP contribution in [0, 0.1) is 6.92 Å². The summed E-state index contributed by atoms with van der Waals surface area (Å²) in [6, 6.07) is 12.3. The van der Waals surface area contributed by atoms with Gasteiger partial charge in [-0.15, -0.1) is 0 Å². The molecule has 1 aromatic heterocycles. The molecule has 2 rings (SSSR count). The van der Waals surface area contributed by atoms with E-state index in [-0.39, 0.29) is 0 Å². The number of para-hydroxylation sites is 1. The molecule has 4 nitrogen and oxygen atoms in total. The van der Waals surface area contributed by atoms with Crippen LogP contribution in [0.25, 0.3) is 0 Å². The van der Waals surface area contributed by atoms with Crippen LogP contribution in [0.5, 0.6) is 0 Å². The summed E-state index contributed by atoms with van der Waals surface area (Å²) < 4.78 is 0. The fourth-order valence-corrected chi connectivity index (χ4v) is 2.05. The summed E-state index contributed by atoms with van der Waals surface area (Å²) >= 11 is 0. The highest BCUT2D eigenvalue weighted by Crippen LogP contribution is 2.18. The van der Waals surface area contributed by atoms with Crippen LogP contribution in [-0.4, -0.2) is 25.1 Å². The summed E-state index contributed by atoms with van der Waals surface area (Å²) in [5.74, 6) is 0.785. The molecule has 4 heteroatoms. The molecule has 3 N–H and O–H groups in total. The quantitative estimate of drug-likeness (QED) is 0.792. The highest BCUT2D eigenvalue weighted by atomic mass is 15.1. The van der Waals surface area contributed by atoms with Crippen LogP contribution in [0.4, 0.5) is 17.2 Å². The maximum Gasteiger partial charge on any atom is 0.149 e. The predicted octanol–water partition coefficient (Wildman–Crippen LogP) is 2.91. The van der Waals surface area contributed by atoms with Gasteiger partial charge in [0.25, 0.3) is 0 Å². The van der Waals surface area contributed by atoms with Gasteiger partial charge in [0, 0.05) is 32.0 Å². The van der Waals surface area contributed by atoms with Crippen molar-refractivity contribution in [1.29, 1.82) is 0 Å². The van der Waals surface area contributed by atoms with Gasteiger partial charge in [-0.2, -0.15) is 0 Å². The lowest BCUT2D eigenvalue weighted by molar-refractivity contribution is 0.814. The zero-order valence-electron chi connectivity index (χ0n) is 12.1. The van der Waals surface area contributed by atoms with Gasteiger partial charge in [0.05, 0.1) is 5.69 Å². The molecule has 0 saturated heterocycles. The lowest BCUT2D eigenvalue weighted by Gasteiger charge is -2.19. The average Bonchev–Trinajstić information content (AvgIpc) is 2.48. The van der Waals surface area contributed by atoms with E-state index < -0.39 is 0 Å². The van der Waals surface area contributed by atoms with Gasteiger partial charge in [0.15, 0.2) is 0 Å². The number of anilines is 3. The molecule has 0 fully saturated rings. The minimum Gasteiger partial charge on any atom is -0.396 e. The second-order valence-electron chi connectivity index (χ2n) is 4.93. The number of pyridine rings is 1. The normalized spacial score (nSPS) is 10.3. The number of nitrogens with zero attached hydrogens (tertiary/aromatic N) is 2. The van der Waals surface area contributed by atoms with Crippen molar-refractivity contribution in [3.05, 3.63) is 48.2 Å². The topological polar surface area (TPSA) is 54.2 Å². The average molecular weight is 270 g/mol. The van der Waals surface area contributed by atoms with Crippen LogP contribution in [0.1, 0.15) is 12.0 Å². The first-order chi connectivity index (χ1) is 9.68. The molecule has 0 atom stereocenters. The molecule has 20 heavy (non-hydrogen) atoms. The van der Waals surface area contributed by atoms with Gasteiger partial charge in [-0.05, 0) is 37.1 Å². The maximum atomic E-state index is 5.98. The molecule has 0 unspecified atom stereocenters. The number of hydrogen-bond acceptors (Lipinski definition) is 4. The van der Waals surface area contributed by atoms with E-state index in [0.717, 1.165) is 36.6 Å². The molecular weight excluding hydrogens is 248 g/mol. The van der Waals surface area contributed by atoms with E-state index in [2.05, 4.69) is 46.5 Å². The fraction of sp³-hybridized carbons (Fsp3) is 0.312. The van der Waals surface area contributed by atoms with Gasteiger partial charge in [0.2, 0.25) is 0 Å². The van der Waals surface area contributed by atoms with E-state index in [1.807, 2.05) is 19.1 Å². The first kappa shape index (κ1) is 14.2. The highest BCUT2D eigenvalue weighted by molar-refractivity contribution is 5.64. The van der Waals surface area contributed by atoms with Crippen molar-refractivity contribution in [2.45, 2.75) is 13.3 Å². The van der Waals surface area contributed by atoms with E-state index in [1.54, 1.807) is 6.20 Å². The third-order valence-corrected chi connectivity index (χ3v) is 3.37. The van der Waals surface area contributed by atoms with Gasteiger partial charge in [-0.1, -0.05) is 18.2 Å². The van der Waals surface area contributed by atoms with Crippen LogP contribution in [0.15, 0.2) is 42.6 Å². The number of nitrogen functional groups attached to an aromatic ring is 1. The van der Waals surface area contributed by atoms with E-state index in [0.29, 0.717) is 0 Å². The van der Waals surface area contributed by atoms with Gasteiger partial charge in [0.1, 0.15) is 5.82 Å². The van der Waals surface area contributed by atoms with E-state index in [4.69, 9.17) is 5.73 Å². The summed E-state index contributed by atoms with van der Waals surface area (Å²) in [6.45, 7) is 3.84. The molecule has 0 aliphatic rings. The molecule has 2 aromatic rings. The predicted molar refractivity (Wildman–Crippen MR) is 86.2 cm³/mol. The van der Waals surface area contributed by atoms with Crippen molar-refractivity contribution >= 4 is 17.2 Å². The number of benzene rings is 1.